The quantitative estimate of drug-likeness (QED) is 0.327. The van der Waals surface area contributed by atoms with Crippen LogP contribution in [0.5, 0.6) is 0 Å². The summed E-state index contributed by atoms with van der Waals surface area (Å²) in [6.45, 7) is 3.80. The van der Waals surface area contributed by atoms with Crippen molar-refractivity contribution in [3.8, 4) is 11.1 Å². The van der Waals surface area contributed by atoms with E-state index in [-0.39, 0.29) is 28.5 Å². The van der Waals surface area contributed by atoms with Crippen LogP contribution >= 0.6 is 0 Å². The van der Waals surface area contributed by atoms with E-state index in [2.05, 4.69) is 20.9 Å². The lowest BCUT2D eigenvalue weighted by molar-refractivity contribution is 0.230. The number of aromatic nitrogens is 2. The summed E-state index contributed by atoms with van der Waals surface area (Å²) in [6.07, 6.45) is 1.54. The van der Waals surface area contributed by atoms with Gasteiger partial charge in [-0.3, -0.25) is 10.1 Å². The normalized spacial score (nSPS) is 10.8. The maximum atomic E-state index is 14.8. The molecule has 0 bridgehead atoms. The average molecular weight is 521 g/mol. The van der Waals surface area contributed by atoms with Gasteiger partial charge in [-0.05, 0) is 61.4 Å². The molecule has 0 radical (unpaired) electrons. The Bertz CT molecular complexity index is 1620. The highest BCUT2D eigenvalue weighted by Gasteiger charge is 2.17. The van der Waals surface area contributed by atoms with E-state index in [1.807, 2.05) is 6.92 Å². The molecule has 0 saturated carbocycles. The zero-order valence-electron chi connectivity index (χ0n) is 21.2. The van der Waals surface area contributed by atoms with Crippen LogP contribution in [0.2, 0.25) is 0 Å². The second-order valence-electron chi connectivity index (χ2n) is 8.80. The van der Waals surface area contributed by atoms with Crippen LogP contribution in [0.3, 0.4) is 0 Å². The molecule has 4 amide bonds. The predicted molar refractivity (Wildman–Crippen MR) is 144 cm³/mol. The highest BCUT2D eigenvalue weighted by Crippen LogP contribution is 2.29. The maximum absolute atomic E-state index is 14.8. The van der Waals surface area contributed by atoms with Gasteiger partial charge in [0.25, 0.3) is 5.56 Å². The summed E-state index contributed by atoms with van der Waals surface area (Å²) < 4.78 is 29.7. The Kier molecular flexibility index (Phi) is 7.38. The Labute approximate surface area is 217 Å². The minimum Gasteiger partial charge on any atom is -0.331 e. The topological polar surface area (TPSA) is 108 Å². The molecule has 0 spiro atoms. The van der Waals surface area contributed by atoms with E-state index in [4.69, 9.17) is 0 Å². The van der Waals surface area contributed by atoms with Gasteiger partial charge in [0.1, 0.15) is 17.5 Å². The molecule has 0 aliphatic carbocycles. The van der Waals surface area contributed by atoms with Crippen LogP contribution in [0, 0.1) is 18.6 Å². The first-order valence-corrected chi connectivity index (χ1v) is 11.7. The van der Waals surface area contributed by atoms with Gasteiger partial charge in [0.2, 0.25) is 0 Å². The van der Waals surface area contributed by atoms with Crippen LogP contribution in [-0.2, 0) is 6.54 Å². The van der Waals surface area contributed by atoms with Gasteiger partial charge in [-0.2, -0.15) is 0 Å². The zero-order valence-corrected chi connectivity index (χ0v) is 21.2. The Morgan fingerprint density at radius 1 is 1.00 bits per heavy atom. The summed E-state index contributed by atoms with van der Waals surface area (Å²) in [5, 5.41) is 8.17. The first-order valence-electron chi connectivity index (χ1n) is 11.7. The van der Waals surface area contributed by atoms with Gasteiger partial charge >= 0.3 is 12.1 Å². The number of nitrogens with zero attached hydrogens (tertiary/aromatic N) is 3. The summed E-state index contributed by atoms with van der Waals surface area (Å²) in [7, 11) is 3.20. The number of carbonyl (C=O) groups is 2. The molecule has 0 atom stereocenters. The van der Waals surface area contributed by atoms with Gasteiger partial charge in [-0.25, -0.2) is 23.4 Å². The number of anilines is 3. The second kappa shape index (κ2) is 10.7. The average Bonchev–Trinajstić information content (AvgIpc) is 2.85. The van der Waals surface area contributed by atoms with Crippen molar-refractivity contribution >= 4 is 40.2 Å². The number of fused-ring (bicyclic) bond motifs is 1. The van der Waals surface area contributed by atoms with Gasteiger partial charge in [-0.15, -0.1) is 0 Å². The molecule has 38 heavy (non-hydrogen) atoms. The summed E-state index contributed by atoms with van der Waals surface area (Å²) in [4.78, 5) is 43.6. The fraction of sp³-hybridized carbons (Fsp3) is 0.185. The lowest BCUT2D eigenvalue weighted by atomic mass is 9.99. The van der Waals surface area contributed by atoms with E-state index >= 15 is 0 Å². The number of aryl methyl sites for hydroxylation is 2. The molecule has 2 aromatic carbocycles. The van der Waals surface area contributed by atoms with E-state index in [9.17, 15) is 23.2 Å². The lowest BCUT2D eigenvalue weighted by Gasteiger charge is -2.16. The van der Waals surface area contributed by atoms with Crippen LogP contribution in [0.1, 0.15) is 12.5 Å². The van der Waals surface area contributed by atoms with E-state index in [1.165, 1.54) is 39.8 Å². The molecule has 4 rings (SSSR count). The Balaban J connectivity index is 1.72. The van der Waals surface area contributed by atoms with Crippen molar-refractivity contribution in [1.82, 2.24) is 14.5 Å². The number of rotatable bonds is 5. The van der Waals surface area contributed by atoms with Gasteiger partial charge in [0.15, 0.2) is 0 Å². The highest BCUT2D eigenvalue weighted by molar-refractivity contribution is 6.00. The minimum absolute atomic E-state index is 0.151. The van der Waals surface area contributed by atoms with Gasteiger partial charge in [0.05, 0.1) is 11.2 Å². The number of pyridine rings is 2. The van der Waals surface area contributed by atoms with Crippen molar-refractivity contribution in [2.24, 2.45) is 0 Å². The van der Waals surface area contributed by atoms with Crippen molar-refractivity contribution < 1.29 is 18.4 Å². The minimum atomic E-state index is -0.773. The number of benzene rings is 2. The lowest BCUT2D eigenvalue weighted by Crippen LogP contribution is -2.28. The van der Waals surface area contributed by atoms with Crippen LogP contribution in [-0.4, -0.2) is 40.6 Å². The summed E-state index contributed by atoms with van der Waals surface area (Å²) >= 11 is 0. The number of carbonyl (C=O) groups excluding carboxylic acids is 2. The second-order valence-corrected chi connectivity index (χ2v) is 8.80. The van der Waals surface area contributed by atoms with E-state index in [0.29, 0.717) is 34.4 Å². The van der Waals surface area contributed by atoms with Gasteiger partial charge in [0, 0.05) is 49.5 Å². The number of hydrogen-bond acceptors (Lipinski definition) is 4. The number of nitrogens with one attached hydrogen (secondary N) is 3. The number of amides is 4. The van der Waals surface area contributed by atoms with Crippen molar-refractivity contribution in [2.45, 2.75) is 20.4 Å². The zero-order chi connectivity index (χ0) is 27.6. The summed E-state index contributed by atoms with van der Waals surface area (Å²) in [6, 6.07) is 10.0. The molecule has 9 nitrogen and oxygen atoms in total. The predicted octanol–water partition coefficient (Wildman–Crippen LogP) is 5.41. The molecule has 0 saturated heterocycles. The molecule has 0 aliphatic heterocycles. The SMILES string of the molecule is CCn1c(=O)c(-c2cc(NC(=O)Nc3cccc(F)c3)c(F)cc2C)cc2cnc(NC(=O)N(C)C)cc21. The van der Waals surface area contributed by atoms with Crippen molar-refractivity contribution in [2.75, 3.05) is 30.0 Å². The first kappa shape index (κ1) is 26.3. The molecule has 0 fully saturated rings. The Morgan fingerprint density at radius 3 is 2.45 bits per heavy atom. The first-order chi connectivity index (χ1) is 18.1. The van der Waals surface area contributed by atoms with Crippen LogP contribution < -0.4 is 21.5 Å². The highest BCUT2D eigenvalue weighted by atomic mass is 19.1. The molecular formula is C27H26F2N6O3. The summed E-state index contributed by atoms with van der Waals surface area (Å²) in [5.41, 5.74) is 1.48. The molecule has 4 aromatic rings. The molecule has 11 heteroatoms. The Morgan fingerprint density at radius 2 is 1.76 bits per heavy atom. The molecule has 2 heterocycles. The van der Waals surface area contributed by atoms with Crippen LogP contribution in [0.4, 0.5) is 35.6 Å². The van der Waals surface area contributed by atoms with E-state index < -0.39 is 17.7 Å². The van der Waals surface area contributed by atoms with Crippen molar-refractivity contribution in [3.05, 3.63) is 82.3 Å². The monoisotopic (exact) mass is 520 g/mol. The van der Waals surface area contributed by atoms with Crippen LogP contribution in [0.15, 0.2) is 59.5 Å². The third-order valence-corrected chi connectivity index (χ3v) is 5.87. The smallest absolute Gasteiger partial charge is 0.323 e. The van der Waals surface area contributed by atoms with Gasteiger partial charge in [-0.1, -0.05) is 6.07 Å². The third-order valence-electron chi connectivity index (χ3n) is 5.87. The third kappa shape index (κ3) is 5.46. The molecule has 2 aromatic heterocycles. The maximum Gasteiger partial charge on any atom is 0.323 e. The molecule has 196 valence electrons. The number of urea groups is 2. The molecule has 0 unspecified atom stereocenters. The molecular weight excluding hydrogens is 494 g/mol. The van der Waals surface area contributed by atoms with E-state index in [0.717, 1.165) is 6.07 Å². The molecule has 0 aliphatic rings. The van der Waals surface area contributed by atoms with Gasteiger partial charge < -0.3 is 20.1 Å². The largest absolute Gasteiger partial charge is 0.331 e. The standard InChI is InChI=1S/C27H26F2N6O3/c1-5-35-23-13-24(33-27(38)34(3)4)30-14-16(23)10-20(25(35)36)19-12-22(21(29)9-15(19)2)32-26(37)31-18-8-6-7-17(28)11-18/h6-14H,5H2,1-4H3,(H,30,33,38)(H2,31,32,37). The molecule has 3 N–H and O–H groups in total. The summed E-state index contributed by atoms with van der Waals surface area (Å²) in [5.74, 6) is -0.934. The van der Waals surface area contributed by atoms with Crippen molar-refractivity contribution in [1.29, 1.82) is 0 Å². The fourth-order valence-electron chi connectivity index (χ4n) is 3.98. The van der Waals surface area contributed by atoms with Crippen LogP contribution in [0.25, 0.3) is 22.0 Å². The number of halogens is 2. The number of hydrogen-bond donors (Lipinski definition) is 3. The van der Waals surface area contributed by atoms with E-state index in [1.54, 1.807) is 39.3 Å². The fourth-order valence-corrected chi connectivity index (χ4v) is 3.98. The Hall–Kier alpha value is -4.80. The van der Waals surface area contributed by atoms with Crippen molar-refractivity contribution in [3.63, 3.8) is 0 Å².